The zero-order valence-electron chi connectivity index (χ0n) is 15.3. The fraction of sp³-hybridized carbons (Fsp3) is 0.684. The molecule has 0 spiro atoms. The summed E-state index contributed by atoms with van der Waals surface area (Å²) in [6.07, 6.45) is 1.89. The van der Waals surface area contributed by atoms with E-state index in [0.717, 1.165) is 57.2 Å². The Morgan fingerprint density at radius 2 is 1.96 bits per heavy atom. The number of morpholine rings is 1. The van der Waals surface area contributed by atoms with E-state index in [-0.39, 0.29) is 6.10 Å². The SMILES string of the molecule is COc1ccc([C@@H]2CCCN2C[C@H](O)CN2CCOCC2)c(OC)c1. The highest BCUT2D eigenvalue weighted by molar-refractivity contribution is 5.42. The van der Waals surface area contributed by atoms with Crippen LogP contribution < -0.4 is 9.47 Å². The van der Waals surface area contributed by atoms with Crippen molar-refractivity contribution in [1.29, 1.82) is 0 Å². The van der Waals surface area contributed by atoms with Gasteiger partial charge in [0.15, 0.2) is 0 Å². The molecular formula is C19H30N2O4. The molecule has 0 aromatic heterocycles. The number of rotatable bonds is 7. The molecule has 6 heteroatoms. The van der Waals surface area contributed by atoms with Crippen LogP contribution in [0.4, 0.5) is 0 Å². The third-order valence-corrected chi connectivity index (χ3v) is 5.18. The maximum atomic E-state index is 10.6. The Morgan fingerprint density at radius 3 is 2.68 bits per heavy atom. The normalized spacial score (nSPS) is 23.6. The number of β-amino-alcohol motifs (C(OH)–C–C–N with tert-alkyl or cyclic N) is 1. The number of methoxy groups -OCH3 is 2. The number of benzene rings is 1. The molecule has 2 fully saturated rings. The van der Waals surface area contributed by atoms with Gasteiger partial charge in [-0.2, -0.15) is 0 Å². The van der Waals surface area contributed by atoms with Gasteiger partial charge in [0.1, 0.15) is 11.5 Å². The third-order valence-electron chi connectivity index (χ3n) is 5.18. The van der Waals surface area contributed by atoms with E-state index in [1.54, 1.807) is 14.2 Å². The van der Waals surface area contributed by atoms with Crippen molar-refractivity contribution in [3.63, 3.8) is 0 Å². The van der Waals surface area contributed by atoms with Gasteiger partial charge in [0, 0.05) is 43.9 Å². The molecule has 0 aliphatic carbocycles. The number of ether oxygens (including phenoxy) is 3. The molecule has 1 aromatic carbocycles. The molecule has 0 amide bonds. The number of likely N-dealkylation sites (tertiary alicyclic amines) is 1. The summed E-state index contributed by atoms with van der Waals surface area (Å²) in [5.74, 6) is 1.66. The van der Waals surface area contributed by atoms with Gasteiger partial charge in [-0.1, -0.05) is 6.07 Å². The van der Waals surface area contributed by atoms with Crippen LogP contribution in [0.2, 0.25) is 0 Å². The second-order valence-corrected chi connectivity index (χ2v) is 6.83. The van der Waals surface area contributed by atoms with Crippen molar-refractivity contribution in [3.05, 3.63) is 23.8 Å². The Labute approximate surface area is 150 Å². The zero-order valence-corrected chi connectivity index (χ0v) is 15.3. The monoisotopic (exact) mass is 350 g/mol. The summed E-state index contributed by atoms with van der Waals surface area (Å²) in [5, 5.41) is 10.6. The lowest BCUT2D eigenvalue weighted by molar-refractivity contribution is 0.00578. The van der Waals surface area contributed by atoms with Gasteiger partial charge in [0.05, 0.1) is 33.5 Å². The molecule has 0 bridgehead atoms. The summed E-state index contributed by atoms with van der Waals surface area (Å²) in [6.45, 7) is 5.77. The van der Waals surface area contributed by atoms with E-state index in [0.29, 0.717) is 19.1 Å². The molecule has 0 radical (unpaired) electrons. The van der Waals surface area contributed by atoms with Crippen LogP contribution in [0, 0.1) is 0 Å². The molecular weight excluding hydrogens is 320 g/mol. The second kappa shape index (κ2) is 8.85. The molecule has 25 heavy (non-hydrogen) atoms. The first-order chi connectivity index (χ1) is 12.2. The molecule has 2 aliphatic heterocycles. The lowest BCUT2D eigenvalue weighted by Crippen LogP contribution is -2.44. The minimum Gasteiger partial charge on any atom is -0.497 e. The van der Waals surface area contributed by atoms with Crippen molar-refractivity contribution in [3.8, 4) is 11.5 Å². The number of nitrogens with zero attached hydrogens (tertiary/aromatic N) is 2. The number of aliphatic hydroxyl groups is 1. The van der Waals surface area contributed by atoms with Crippen LogP contribution in [0.15, 0.2) is 18.2 Å². The molecule has 2 aliphatic rings. The Balaban J connectivity index is 1.64. The minimum absolute atomic E-state index is 0.292. The molecule has 1 N–H and O–H groups in total. The van der Waals surface area contributed by atoms with Crippen LogP contribution in [0.25, 0.3) is 0 Å². The average Bonchev–Trinajstić information content (AvgIpc) is 3.09. The van der Waals surface area contributed by atoms with Crippen molar-refractivity contribution in [2.45, 2.75) is 25.0 Å². The van der Waals surface area contributed by atoms with Crippen molar-refractivity contribution in [2.24, 2.45) is 0 Å². The van der Waals surface area contributed by atoms with Gasteiger partial charge >= 0.3 is 0 Å². The number of hydrogen-bond donors (Lipinski definition) is 1. The molecule has 140 valence electrons. The van der Waals surface area contributed by atoms with E-state index >= 15 is 0 Å². The Hall–Kier alpha value is -1.34. The standard InChI is InChI=1S/C19H30N2O4/c1-23-16-5-6-17(19(12-16)24-2)18-4-3-7-21(18)14-15(22)13-20-8-10-25-11-9-20/h5-6,12,15,18,22H,3-4,7-11,13-14H2,1-2H3/t15-,18+/m1/s1. The van der Waals surface area contributed by atoms with E-state index in [9.17, 15) is 5.11 Å². The summed E-state index contributed by atoms with van der Waals surface area (Å²) >= 11 is 0. The van der Waals surface area contributed by atoms with Crippen LogP contribution >= 0.6 is 0 Å². The fourth-order valence-electron chi connectivity index (χ4n) is 3.90. The van der Waals surface area contributed by atoms with Crippen LogP contribution in [-0.2, 0) is 4.74 Å². The average molecular weight is 350 g/mol. The fourth-order valence-corrected chi connectivity index (χ4v) is 3.90. The lowest BCUT2D eigenvalue weighted by atomic mass is 10.0. The zero-order chi connectivity index (χ0) is 17.6. The van der Waals surface area contributed by atoms with Gasteiger partial charge in [0.25, 0.3) is 0 Å². The number of hydrogen-bond acceptors (Lipinski definition) is 6. The largest absolute Gasteiger partial charge is 0.497 e. The molecule has 0 unspecified atom stereocenters. The van der Waals surface area contributed by atoms with Crippen molar-refractivity contribution in [1.82, 2.24) is 9.80 Å². The maximum absolute atomic E-state index is 10.6. The first-order valence-electron chi connectivity index (χ1n) is 9.15. The second-order valence-electron chi connectivity index (χ2n) is 6.83. The maximum Gasteiger partial charge on any atom is 0.127 e. The van der Waals surface area contributed by atoms with Crippen LogP contribution in [0.1, 0.15) is 24.4 Å². The molecule has 1 aromatic rings. The van der Waals surface area contributed by atoms with Crippen molar-refractivity contribution < 1.29 is 19.3 Å². The van der Waals surface area contributed by atoms with E-state index in [2.05, 4.69) is 15.9 Å². The van der Waals surface area contributed by atoms with Crippen molar-refractivity contribution in [2.75, 3.05) is 60.2 Å². The van der Waals surface area contributed by atoms with Gasteiger partial charge in [-0.15, -0.1) is 0 Å². The quantitative estimate of drug-likeness (QED) is 0.805. The van der Waals surface area contributed by atoms with Gasteiger partial charge in [-0.25, -0.2) is 0 Å². The summed E-state index contributed by atoms with van der Waals surface area (Å²) in [7, 11) is 3.36. The smallest absolute Gasteiger partial charge is 0.127 e. The molecule has 0 saturated carbocycles. The van der Waals surface area contributed by atoms with Crippen LogP contribution in [0.5, 0.6) is 11.5 Å². The predicted octanol–water partition coefficient (Wildman–Crippen LogP) is 1.53. The molecule has 3 rings (SSSR count). The van der Waals surface area contributed by atoms with Gasteiger partial charge in [-0.3, -0.25) is 9.80 Å². The lowest BCUT2D eigenvalue weighted by Gasteiger charge is -2.32. The minimum atomic E-state index is -0.344. The molecule has 6 nitrogen and oxygen atoms in total. The van der Waals surface area contributed by atoms with Gasteiger partial charge < -0.3 is 19.3 Å². The van der Waals surface area contributed by atoms with E-state index in [4.69, 9.17) is 14.2 Å². The van der Waals surface area contributed by atoms with E-state index < -0.39 is 0 Å². The Bertz CT molecular complexity index is 548. The summed E-state index contributed by atoms with van der Waals surface area (Å²) in [4.78, 5) is 4.67. The molecule has 2 atom stereocenters. The first kappa shape index (κ1) is 18.5. The first-order valence-corrected chi connectivity index (χ1v) is 9.15. The predicted molar refractivity (Wildman–Crippen MR) is 96.4 cm³/mol. The highest BCUT2D eigenvalue weighted by Crippen LogP contribution is 2.38. The summed E-state index contributed by atoms with van der Waals surface area (Å²) < 4.78 is 16.3. The van der Waals surface area contributed by atoms with Gasteiger partial charge in [-0.05, 0) is 25.5 Å². The molecule has 2 saturated heterocycles. The Kier molecular flexibility index (Phi) is 6.53. The molecule has 2 heterocycles. The van der Waals surface area contributed by atoms with E-state index in [1.165, 1.54) is 5.56 Å². The number of aliphatic hydroxyl groups excluding tert-OH is 1. The van der Waals surface area contributed by atoms with Crippen LogP contribution in [0.3, 0.4) is 0 Å². The highest BCUT2D eigenvalue weighted by Gasteiger charge is 2.30. The van der Waals surface area contributed by atoms with E-state index in [1.807, 2.05) is 12.1 Å². The summed E-state index contributed by atoms with van der Waals surface area (Å²) in [5.41, 5.74) is 1.18. The summed E-state index contributed by atoms with van der Waals surface area (Å²) in [6, 6.07) is 6.31. The third kappa shape index (κ3) is 4.64. The Morgan fingerprint density at radius 1 is 1.16 bits per heavy atom. The van der Waals surface area contributed by atoms with Crippen molar-refractivity contribution >= 4 is 0 Å². The van der Waals surface area contributed by atoms with Crippen LogP contribution in [-0.4, -0.2) is 81.2 Å². The highest BCUT2D eigenvalue weighted by atomic mass is 16.5. The van der Waals surface area contributed by atoms with Gasteiger partial charge in [0.2, 0.25) is 0 Å². The topological polar surface area (TPSA) is 54.4 Å².